The topological polar surface area (TPSA) is 56.7 Å². The van der Waals surface area contributed by atoms with Crippen molar-refractivity contribution in [1.29, 1.82) is 0 Å². The van der Waals surface area contributed by atoms with E-state index in [0.717, 1.165) is 0 Å². The summed E-state index contributed by atoms with van der Waals surface area (Å²) in [4.78, 5) is 3.57. The number of aryl methyl sites for hydroxylation is 1. The van der Waals surface area contributed by atoms with Gasteiger partial charge in [0, 0.05) is 5.75 Å². The molecule has 4 nitrogen and oxygen atoms in total. The maximum absolute atomic E-state index is 11.7. The molecule has 0 aliphatic heterocycles. The Morgan fingerprint density at radius 2 is 2.23 bits per heavy atom. The third-order valence-electron chi connectivity index (χ3n) is 1.14. The molecule has 0 aliphatic carbocycles. The number of alkyl halides is 3. The number of nitrogens with two attached hydrogens (primary N) is 1. The lowest BCUT2D eigenvalue weighted by molar-refractivity contribution is -0.0328. The van der Waals surface area contributed by atoms with Gasteiger partial charge in [0.2, 0.25) is 5.95 Å². The van der Waals surface area contributed by atoms with Gasteiger partial charge in [0.25, 0.3) is 0 Å². The van der Waals surface area contributed by atoms with E-state index in [2.05, 4.69) is 10.1 Å². The highest BCUT2D eigenvalue weighted by atomic mass is 32.2. The van der Waals surface area contributed by atoms with Crippen molar-refractivity contribution in [2.24, 2.45) is 0 Å². The first-order chi connectivity index (χ1) is 5.97. The highest BCUT2D eigenvalue weighted by molar-refractivity contribution is 8.00. The van der Waals surface area contributed by atoms with Crippen LogP contribution in [0.15, 0.2) is 6.33 Å². The smallest absolute Gasteiger partial charge is 0.367 e. The first-order valence-electron chi connectivity index (χ1n) is 3.33. The zero-order valence-electron chi connectivity index (χ0n) is 6.45. The molecule has 0 amide bonds. The van der Waals surface area contributed by atoms with Gasteiger partial charge in [-0.15, -0.1) is 5.10 Å². The molecule has 0 atom stereocenters. The van der Waals surface area contributed by atoms with Crippen LogP contribution in [-0.4, -0.2) is 26.0 Å². The molecule has 0 radical (unpaired) electrons. The van der Waals surface area contributed by atoms with E-state index in [9.17, 15) is 13.2 Å². The second-order valence-corrected chi connectivity index (χ2v) is 3.32. The van der Waals surface area contributed by atoms with Gasteiger partial charge in [-0.3, -0.25) is 0 Å². The van der Waals surface area contributed by atoms with E-state index in [4.69, 9.17) is 5.73 Å². The summed E-state index contributed by atoms with van der Waals surface area (Å²) in [7, 11) is 0. The van der Waals surface area contributed by atoms with Gasteiger partial charge in [-0.25, -0.2) is 9.67 Å². The molecule has 0 aliphatic rings. The molecule has 2 N–H and O–H groups in total. The normalized spacial score (nSPS) is 11.9. The minimum absolute atomic E-state index is 0.0667. The van der Waals surface area contributed by atoms with E-state index in [0.29, 0.717) is 0 Å². The Bertz CT molecular complexity index is 271. The Balaban J connectivity index is 2.28. The van der Waals surface area contributed by atoms with Crippen molar-refractivity contribution in [3.8, 4) is 0 Å². The molecule has 8 heteroatoms. The summed E-state index contributed by atoms with van der Waals surface area (Å²) < 4.78 is 36.2. The van der Waals surface area contributed by atoms with Gasteiger partial charge in [0.1, 0.15) is 6.33 Å². The number of anilines is 1. The minimum Gasteiger partial charge on any atom is -0.367 e. The monoisotopic (exact) mass is 212 g/mol. The maximum Gasteiger partial charge on any atom is 0.441 e. The van der Waals surface area contributed by atoms with Crippen LogP contribution in [0.2, 0.25) is 0 Å². The number of aromatic nitrogens is 3. The van der Waals surface area contributed by atoms with E-state index in [1.165, 1.54) is 11.0 Å². The van der Waals surface area contributed by atoms with Crippen molar-refractivity contribution in [3.05, 3.63) is 6.33 Å². The molecule has 0 aromatic carbocycles. The van der Waals surface area contributed by atoms with E-state index in [1.807, 2.05) is 0 Å². The predicted octanol–water partition coefficient (Wildman–Crippen LogP) is 1.11. The lowest BCUT2D eigenvalue weighted by Crippen LogP contribution is -2.07. The summed E-state index contributed by atoms with van der Waals surface area (Å²) in [5, 5.41) is 3.63. The van der Waals surface area contributed by atoms with Crippen LogP contribution in [-0.2, 0) is 6.54 Å². The SMILES string of the molecule is Nc1ncn(CCSC(F)(F)F)n1. The fourth-order valence-electron chi connectivity index (χ4n) is 0.672. The van der Waals surface area contributed by atoms with Gasteiger partial charge in [-0.05, 0) is 11.8 Å². The Kier molecular flexibility index (Phi) is 3.02. The summed E-state index contributed by atoms with van der Waals surface area (Å²) in [5.41, 5.74) is 0.976. The Morgan fingerprint density at radius 1 is 1.54 bits per heavy atom. The van der Waals surface area contributed by atoms with Gasteiger partial charge >= 0.3 is 5.51 Å². The maximum atomic E-state index is 11.7. The van der Waals surface area contributed by atoms with Crippen molar-refractivity contribution in [3.63, 3.8) is 0 Å². The molecular formula is C5H7F3N4S. The molecule has 0 saturated carbocycles. The van der Waals surface area contributed by atoms with Crippen LogP contribution in [0.1, 0.15) is 0 Å². The van der Waals surface area contributed by atoms with Gasteiger partial charge in [-0.2, -0.15) is 13.2 Å². The number of hydrogen-bond donors (Lipinski definition) is 1. The Morgan fingerprint density at radius 3 is 2.69 bits per heavy atom. The largest absolute Gasteiger partial charge is 0.441 e. The molecule has 1 rings (SSSR count). The van der Waals surface area contributed by atoms with E-state index < -0.39 is 5.51 Å². The average Bonchev–Trinajstić information content (AvgIpc) is 2.33. The standard InChI is InChI=1S/C5H7F3N4S/c6-5(7,8)13-2-1-12-3-10-4(9)11-12/h3H,1-2H2,(H2,9,11). The van der Waals surface area contributed by atoms with Crippen molar-refractivity contribution >= 4 is 17.7 Å². The lowest BCUT2D eigenvalue weighted by Gasteiger charge is -2.04. The Labute approximate surface area is 76.3 Å². The third kappa shape index (κ3) is 4.02. The summed E-state index contributed by atoms with van der Waals surface area (Å²) in [6.07, 6.45) is 1.30. The zero-order chi connectivity index (χ0) is 9.90. The number of halogens is 3. The molecule has 0 spiro atoms. The number of nitrogen functional groups attached to an aromatic ring is 1. The molecule has 1 aromatic rings. The molecular weight excluding hydrogens is 205 g/mol. The second-order valence-electron chi connectivity index (χ2n) is 2.16. The number of nitrogens with zero attached hydrogens (tertiary/aromatic N) is 3. The lowest BCUT2D eigenvalue weighted by atomic mass is 10.8. The molecule has 0 unspecified atom stereocenters. The molecule has 0 bridgehead atoms. The van der Waals surface area contributed by atoms with E-state index >= 15 is 0 Å². The van der Waals surface area contributed by atoms with Gasteiger partial charge in [0.05, 0.1) is 6.54 Å². The number of rotatable bonds is 3. The van der Waals surface area contributed by atoms with Crippen LogP contribution in [0, 0.1) is 0 Å². The molecule has 74 valence electrons. The van der Waals surface area contributed by atoms with Crippen LogP contribution < -0.4 is 5.73 Å². The number of hydrogen-bond acceptors (Lipinski definition) is 4. The molecule has 13 heavy (non-hydrogen) atoms. The molecule has 0 saturated heterocycles. The van der Waals surface area contributed by atoms with Gasteiger partial charge < -0.3 is 5.73 Å². The van der Waals surface area contributed by atoms with Crippen LogP contribution >= 0.6 is 11.8 Å². The summed E-state index contributed by atoms with van der Waals surface area (Å²) in [6.45, 7) is 0.147. The highest BCUT2D eigenvalue weighted by Crippen LogP contribution is 2.29. The van der Waals surface area contributed by atoms with Crippen molar-refractivity contribution in [2.75, 3.05) is 11.5 Å². The summed E-state index contributed by atoms with van der Waals surface area (Å²) >= 11 is -0.0918. The van der Waals surface area contributed by atoms with E-state index in [-0.39, 0.29) is 30.0 Å². The summed E-state index contributed by atoms with van der Waals surface area (Å²) in [6, 6.07) is 0. The highest BCUT2D eigenvalue weighted by Gasteiger charge is 2.27. The molecule has 0 fully saturated rings. The zero-order valence-corrected chi connectivity index (χ0v) is 7.27. The first-order valence-corrected chi connectivity index (χ1v) is 4.31. The van der Waals surface area contributed by atoms with Crippen molar-refractivity contribution in [1.82, 2.24) is 14.8 Å². The average molecular weight is 212 g/mol. The van der Waals surface area contributed by atoms with Crippen LogP contribution in [0.4, 0.5) is 19.1 Å². The fourth-order valence-corrected chi connectivity index (χ4v) is 1.18. The minimum atomic E-state index is -4.19. The first kappa shape index (κ1) is 10.2. The fraction of sp³-hybridized carbons (Fsp3) is 0.600. The van der Waals surface area contributed by atoms with Crippen LogP contribution in [0.25, 0.3) is 0 Å². The third-order valence-corrected chi connectivity index (χ3v) is 1.85. The van der Waals surface area contributed by atoms with E-state index in [1.54, 1.807) is 0 Å². The summed E-state index contributed by atoms with van der Waals surface area (Å²) in [5.74, 6) is -0.0243. The second kappa shape index (κ2) is 3.86. The van der Waals surface area contributed by atoms with Crippen molar-refractivity contribution < 1.29 is 13.2 Å². The van der Waals surface area contributed by atoms with Crippen LogP contribution in [0.3, 0.4) is 0 Å². The van der Waals surface area contributed by atoms with Crippen molar-refractivity contribution in [2.45, 2.75) is 12.1 Å². The predicted molar refractivity (Wildman–Crippen MR) is 42.9 cm³/mol. The van der Waals surface area contributed by atoms with Crippen LogP contribution in [0.5, 0.6) is 0 Å². The van der Waals surface area contributed by atoms with Gasteiger partial charge in [0.15, 0.2) is 0 Å². The quantitative estimate of drug-likeness (QED) is 0.815. The Hall–Kier alpha value is -0.920. The molecule has 1 aromatic heterocycles. The number of thioether (sulfide) groups is 1. The molecule has 1 heterocycles. The van der Waals surface area contributed by atoms with Gasteiger partial charge in [-0.1, -0.05) is 0 Å².